The van der Waals surface area contributed by atoms with Crippen molar-refractivity contribution in [2.45, 2.75) is 50.7 Å². The molecule has 20 heavy (non-hydrogen) atoms. The van der Waals surface area contributed by atoms with Gasteiger partial charge in [-0.3, -0.25) is 4.90 Å². The Balaban J connectivity index is 1.74. The topological polar surface area (TPSA) is 37.4 Å². The van der Waals surface area contributed by atoms with Crippen LogP contribution in [-0.2, 0) is 6.54 Å². The number of piperazine rings is 1. The fourth-order valence-electron chi connectivity index (χ4n) is 3.64. The zero-order valence-corrected chi connectivity index (χ0v) is 12.6. The van der Waals surface area contributed by atoms with Crippen LogP contribution in [-0.4, -0.2) is 41.7 Å². The van der Waals surface area contributed by atoms with Crippen molar-refractivity contribution < 1.29 is 4.74 Å². The van der Waals surface area contributed by atoms with Crippen molar-refractivity contribution in [3.8, 4) is 5.88 Å². The molecule has 2 fully saturated rings. The summed E-state index contributed by atoms with van der Waals surface area (Å²) in [5.74, 6) is 0.763. The highest BCUT2D eigenvalue weighted by Gasteiger charge is 2.39. The van der Waals surface area contributed by atoms with Crippen LogP contribution < -0.4 is 10.1 Å². The van der Waals surface area contributed by atoms with Crippen molar-refractivity contribution in [2.24, 2.45) is 0 Å². The smallest absolute Gasteiger partial charge is 0.217 e. The second-order valence-electron chi connectivity index (χ2n) is 6.29. The van der Waals surface area contributed by atoms with Crippen molar-refractivity contribution in [1.29, 1.82) is 0 Å². The molecule has 1 unspecified atom stereocenters. The number of ether oxygens (including phenoxy) is 1. The summed E-state index contributed by atoms with van der Waals surface area (Å²) in [5, 5.41) is 3.80. The fraction of sp³-hybridized carbons (Fsp3) is 0.688. The van der Waals surface area contributed by atoms with Gasteiger partial charge in [0.15, 0.2) is 0 Å². The maximum absolute atomic E-state index is 5.39. The summed E-state index contributed by atoms with van der Waals surface area (Å²) < 4.78 is 5.39. The van der Waals surface area contributed by atoms with Crippen LogP contribution >= 0.6 is 0 Å². The molecule has 4 heteroatoms. The Labute approximate surface area is 121 Å². The molecule has 1 aliphatic carbocycles. The van der Waals surface area contributed by atoms with Crippen molar-refractivity contribution in [2.75, 3.05) is 20.2 Å². The number of hydrogen-bond acceptors (Lipinski definition) is 4. The first kappa shape index (κ1) is 13.8. The minimum atomic E-state index is 0.363. The van der Waals surface area contributed by atoms with Crippen LogP contribution in [0.25, 0.3) is 0 Å². The van der Waals surface area contributed by atoms with E-state index in [2.05, 4.69) is 28.2 Å². The lowest BCUT2D eigenvalue weighted by atomic mass is 9.92. The molecule has 1 saturated carbocycles. The molecule has 0 bridgehead atoms. The zero-order chi connectivity index (χ0) is 14.0. The Morgan fingerprint density at radius 1 is 1.45 bits per heavy atom. The maximum Gasteiger partial charge on any atom is 0.217 e. The van der Waals surface area contributed by atoms with Gasteiger partial charge in [-0.05, 0) is 25.8 Å². The molecule has 0 amide bonds. The highest BCUT2D eigenvalue weighted by molar-refractivity contribution is 5.25. The molecule has 1 aromatic rings. The van der Waals surface area contributed by atoms with Crippen LogP contribution in [0.1, 0.15) is 38.2 Å². The molecule has 2 heterocycles. The molecule has 0 radical (unpaired) electrons. The minimum absolute atomic E-state index is 0.363. The van der Waals surface area contributed by atoms with Gasteiger partial charge in [0, 0.05) is 43.0 Å². The predicted molar refractivity (Wildman–Crippen MR) is 79.9 cm³/mol. The predicted octanol–water partition coefficient (Wildman–Crippen LogP) is 2.20. The fourth-order valence-corrected chi connectivity index (χ4v) is 3.64. The average Bonchev–Trinajstić information content (AvgIpc) is 2.92. The molecule has 3 rings (SSSR count). The molecule has 1 spiro atoms. The molecule has 110 valence electrons. The molecule has 1 aromatic heterocycles. The third kappa shape index (κ3) is 2.67. The third-order valence-corrected chi connectivity index (χ3v) is 4.88. The summed E-state index contributed by atoms with van der Waals surface area (Å²) in [6.45, 7) is 5.47. The van der Waals surface area contributed by atoms with Gasteiger partial charge in [0.05, 0.1) is 7.11 Å². The molecule has 1 saturated heterocycles. The van der Waals surface area contributed by atoms with E-state index < -0.39 is 0 Å². The van der Waals surface area contributed by atoms with Gasteiger partial charge in [-0.15, -0.1) is 0 Å². The Hall–Kier alpha value is -1.13. The second-order valence-corrected chi connectivity index (χ2v) is 6.29. The van der Waals surface area contributed by atoms with Gasteiger partial charge in [-0.1, -0.05) is 18.9 Å². The Bertz CT molecular complexity index is 457. The van der Waals surface area contributed by atoms with E-state index in [1.165, 1.54) is 31.2 Å². The normalized spacial score (nSPS) is 26.0. The molecule has 4 nitrogen and oxygen atoms in total. The Morgan fingerprint density at radius 2 is 2.25 bits per heavy atom. The molecule has 0 aromatic carbocycles. The van der Waals surface area contributed by atoms with Gasteiger partial charge in [-0.25, -0.2) is 4.98 Å². The zero-order valence-electron chi connectivity index (χ0n) is 12.6. The number of aromatic nitrogens is 1. The lowest BCUT2D eigenvalue weighted by Crippen LogP contribution is -2.62. The monoisotopic (exact) mass is 275 g/mol. The number of methoxy groups -OCH3 is 1. The largest absolute Gasteiger partial charge is 0.481 e. The van der Waals surface area contributed by atoms with Crippen LogP contribution in [0, 0.1) is 0 Å². The van der Waals surface area contributed by atoms with Crippen LogP contribution in [0.3, 0.4) is 0 Å². The van der Waals surface area contributed by atoms with Crippen molar-refractivity contribution >= 4 is 0 Å². The summed E-state index contributed by atoms with van der Waals surface area (Å²) in [6, 6.07) is 4.68. The van der Waals surface area contributed by atoms with E-state index in [9.17, 15) is 0 Å². The van der Waals surface area contributed by atoms with E-state index >= 15 is 0 Å². The van der Waals surface area contributed by atoms with Crippen molar-refractivity contribution in [1.82, 2.24) is 15.2 Å². The average molecular weight is 275 g/mol. The first-order valence-electron chi connectivity index (χ1n) is 7.69. The van der Waals surface area contributed by atoms with E-state index in [4.69, 9.17) is 4.74 Å². The summed E-state index contributed by atoms with van der Waals surface area (Å²) >= 11 is 0. The maximum atomic E-state index is 5.39. The summed E-state index contributed by atoms with van der Waals surface area (Å²) in [5.41, 5.74) is 1.55. The van der Waals surface area contributed by atoms with Crippen LogP contribution in [0.4, 0.5) is 0 Å². The van der Waals surface area contributed by atoms with Crippen molar-refractivity contribution in [3.05, 3.63) is 23.9 Å². The van der Waals surface area contributed by atoms with Gasteiger partial charge in [0.25, 0.3) is 0 Å². The number of nitrogens with zero attached hydrogens (tertiary/aromatic N) is 2. The number of nitrogens with one attached hydrogen (secondary N) is 1. The summed E-state index contributed by atoms with van der Waals surface area (Å²) in [4.78, 5) is 6.90. The second kappa shape index (κ2) is 5.70. The van der Waals surface area contributed by atoms with Crippen LogP contribution in [0.2, 0.25) is 0 Å². The summed E-state index contributed by atoms with van der Waals surface area (Å²) in [7, 11) is 1.70. The van der Waals surface area contributed by atoms with E-state index in [-0.39, 0.29) is 0 Å². The lowest BCUT2D eigenvalue weighted by molar-refractivity contribution is 0.0817. The highest BCUT2D eigenvalue weighted by Crippen LogP contribution is 2.34. The van der Waals surface area contributed by atoms with Gasteiger partial charge >= 0.3 is 0 Å². The van der Waals surface area contributed by atoms with Gasteiger partial charge in [0.2, 0.25) is 5.88 Å². The van der Waals surface area contributed by atoms with Crippen molar-refractivity contribution in [3.63, 3.8) is 0 Å². The SMILES string of the molecule is COc1ncccc1CN1CC2(CCCC2)NCC1C. The molecular formula is C16H25N3O. The Kier molecular flexibility index (Phi) is 3.94. The first-order chi connectivity index (χ1) is 9.72. The van der Waals surface area contributed by atoms with E-state index in [1.807, 2.05) is 6.07 Å². The standard InChI is InChI=1S/C16H25N3O/c1-13-10-18-16(7-3-4-8-16)12-19(13)11-14-6-5-9-17-15(14)20-2/h5-6,9,13,18H,3-4,7-8,10-12H2,1-2H3. The molecule has 1 atom stereocenters. The van der Waals surface area contributed by atoms with Crippen LogP contribution in [0.15, 0.2) is 18.3 Å². The molecule has 1 aliphatic heterocycles. The first-order valence-corrected chi connectivity index (χ1v) is 7.69. The summed E-state index contributed by atoms with van der Waals surface area (Å²) in [6.07, 6.45) is 7.17. The number of pyridine rings is 1. The van der Waals surface area contributed by atoms with Gasteiger partial charge in [-0.2, -0.15) is 0 Å². The number of rotatable bonds is 3. The lowest BCUT2D eigenvalue weighted by Gasteiger charge is -2.45. The Morgan fingerprint density at radius 3 is 3.00 bits per heavy atom. The molecule has 1 N–H and O–H groups in total. The third-order valence-electron chi connectivity index (χ3n) is 4.88. The van der Waals surface area contributed by atoms with Gasteiger partial charge in [0.1, 0.15) is 0 Å². The van der Waals surface area contributed by atoms with E-state index in [1.54, 1.807) is 13.3 Å². The minimum Gasteiger partial charge on any atom is -0.481 e. The van der Waals surface area contributed by atoms with Crippen LogP contribution in [0.5, 0.6) is 5.88 Å². The number of hydrogen-bond donors (Lipinski definition) is 1. The molecule has 2 aliphatic rings. The highest BCUT2D eigenvalue weighted by atomic mass is 16.5. The quantitative estimate of drug-likeness (QED) is 0.917. The van der Waals surface area contributed by atoms with E-state index in [0.717, 1.165) is 25.5 Å². The molecular weight excluding hydrogens is 250 g/mol. The van der Waals surface area contributed by atoms with Gasteiger partial charge < -0.3 is 10.1 Å². The van der Waals surface area contributed by atoms with E-state index in [0.29, 0.717) is 11.6 Å².